The molecule has 1 amide bonds. The number of hydrogen-bond acceptors (Lipinski definition) is 3. The Balaban J connectivity index is 2.14. The minimum absolute atomic E-state index is 0.0809. The monoisotopic (exact) mass is 288 g/mol. The van der Waals surface area contributed by atoms with Crippen molar-refractivity contribution in [3.05, 3.63) is 53.8 Å². The van der Waals surface area contributed by atoms with Crippen molar-refractivity contribution in [3.63, 3.8) is 0 Å². The van der Waals surface area contributed by atoms with Gasteiger partial charge in [0.25, 0.3) is 0 Å². The lowest BCUT2D eigenvalue weighted by atomic mass is 10.1. The number of aromatic hydroxyl groups is 1. The van der Waals surface area contributed by atoms with E-state index < -0.39 is 5.82 Å². The first-order valence-electron chi connectivity index (χ1n) is 6.58. The highest BCUT2D eigenvalue weighted by molar-refractivity contribution is 5.88. The molecule has 1 unspecified atom stereocenters. The Morgan fingerprint density at radius 2 is 1.95 bits per heavy atom. The van der Waals surface area contributed by atoms with Crippen LogP contribution in [0.3, 0.4) is 0 Å². The number of anilines is 2. The van der Waals surface area contributed by atoms with Gasteiger partial charge >= 0.3 is 0 Å². The SMILES string of the molecule is CC(=O)Nc1cccc(C(C)Nc2ccc(O)c(F)c2)c1. The normalized spacial score (nSPS) is 11.8. The van der Waals surface area contributed by atoms with Crippen LogP contribution >= 0.6 is 0 Å². The summed E-state index contributed by atoms with van der Waals surface area (Å²) in [5.74, 6) is -1.17. The van der Waals surface area contributed by atoms with Gasteiger partial charge in [0.15, 0.2) is 11.6 Å². The Bertz CT molecular complexity index is 658. The van der Waals surface area contributed by atoms with Crippen LogP contribution < -0.4 is 10.6 Å². The third kappa shape index (κ3) is 3.95. The molecule has 0 heterocycles. The average molecular weight is 288 g/mol. The summed E-state index contributed by atoms with van der Waals surface area (Å²) in [5.41, 5.74) is 2.24. The Kier molecular flexibility index (Phi) is 4.42. The number of rotatable bonds is 4. The molecule has 3 N–H and O–H groups in total. The maximum Gasteiger partial charge on any atom is 0.221 e. The van der Waals surface area contributed by atoms with E-state index in [1.165, 1.54) is 19.1 Å². The number of carbonyl (C=O) groups excluding carboxylic acids is 1. The molecular formula is C16H17FN2O2. The van der Waals surface area contributed by atoms with Crippen LogP contribution in [0.5, 0.6) is 5.75 Å². The van der Waals surface area contributed by atoms with Crippen LogP contribution in [0.2, 0.25) is 0 Å². The van der Waals surface area contributed by atoms with Crippen LogP contribution in [0.1, 0.15) is 25.5 Å². The van der Waals surface area contributed by atoms with Crippen LogP contribution in [0, 0.1) is 5.82 Å². The van der Waals surface area contributed by atoms with E-state index in [-0.39, 0.29) is 17.7 Å². The molecule has 0 aliphatic rings. The number of benzene rings is 2. The second-order valence-corrected chi connectivity index (χ2v) is 4.84. The first-order valence-corrected chi connectivity index (χ1v) is 6.58. The van der Waals surface area contributed by atoms with E-state index >= 15 is 0 Å². The minimum atomic E-state index is -0.667. The van der Waals surface area contributed by atoms with Gasteiger partial charge in [-0.05, 0) is 36.8 Å². The highest BCUT2D eigenvalue weighted by Gasteiger charge is 2.08. The molecule has 0 aromatic heterocycles. The smallest absolute Gasteiger partial charge is 0.221 e. The van der Waals surface area contributed by atoms with Gasteiger partial charge in [-0.1, -0.05) is 12.1 Å². The minimum Gasteiger partial charge on any atom is -0.505 e. The number of amides is 1. The van der Waals surface area contributed by atoms with Crippen LogP contribution in [0.25, 0.3) is 0 Å². The van der Waals surface area contributed by atoms with Gasteiger partial charge in [0.05, 0.1) is 0 Å². The quantitative estimate of drug-likeness (QED) is 0.752. The molecule has 0 aliphatic heterocycles. The topological polar surface area (TPSA) is 61.4 Å². The standard InChI is InChI=1S/C16H17FN2O2/c1-10(18-14-6-7-16(21)15(17)9-14)12-4-3-5-13(8-12)19-11(2)20/h3-10,18,21H,1-2H3,(H,19,20). The average Bonchev–Trinajstić information content (AvgIpc) is 2.42. The molecule has 21 heavy (non-hydrogen) atoms. The molecule has 0 aliphatic carbocycles. The van der Waals surface area contributed by atoms with E-state index in [0.717, 1.165) is 5.56 Å². The number of phenolic OH excluding ortho intramolecular Hbond substituents is 1. The van der Waals surface area contributed by atoms with Gasteiger partial charge in [0.1, 0.15) is 0 Å². The molecular weight excluding hydrogens is 271 g/mol. The number of nitrogens with one attached hydrogen (secondary N) is 2. The Labute approximate surface area is 122 Å². The predicted octanol–water partition coefficient (Wildman–Crippen LogP) is 3.66. The van der Waals surface area contributed by atoms with Crippen molar-refractivity contribution in [2.24, 2.45) is 0 Å². The molecule has 0 fully saturated rings. The fourth-order valence-corrected chi connectivity index (χ4v) is 2.02. The third-order valence-corrected chi connectivity index (χ3v) is 3.04. The summed E-state index contributed by atoms with van der Waals surface area (Å²) in [6, 6.07) is 11.5. The van der Waals surface area contributed by atoms with Crippen molar-refractivity contribution in [2.75, 3.05) is 10.6 Å². The first kappa shape index (κ1) is 14.8. The first-order chi connectivity index (χ1) is 9.95. The number of hydrogen-bond donors (Lipinski definition) is 3. The Hall–Kier alpha value is -2.56. The molecule has 5 heteroatoms. The van der Waals surface area contributed by atoms with Gasteiger partial charge in [0, 0.05) is 30.4 Å². The van der Waals surface area contributed by atoms with Crippen molar-refractivity contribution < 1.29 is 14.3 Å². The molecule has 0 bridgehead atoms. The number of halogens is 1. The summed E-state index contributed by atoms with van der Waals surface area (Å²) in [5, 5.41) is 15.0. The second-order valence-electron chi connectivity index (χ2n) is 4.84. The molecule has 0 saturated heterocycles. The van der Waals surface area contributed by atoms with E-state index in [9.17, 15) is 14.3 Å². The number of phenols is 1. The number of carbonyl (C=O) groups is 1. The summed E-state index contributed by atoms with van der Waals surface area (Å²) in [6.07, 6.45) is 0. The van der Waals surface area contributed by atoms with Crippen LogP contribution in [-0.2, 0) is 4.79 Å². The third-order valence-electron chi connectivity index (χ3n) is 3.04. The maximum atomic E-state index is 13.3. The fourth-order valence-electron chi connectivity index (χ4n) is 2.02. The highest BCUT2D eigenvalue weighted by Crippen LogP contribution is 2.25. The summed E-state index contributed by atoms with van der Waals surface area (Å²) in [7, 11) is 0. The molecule has 0 spiro atoms. The summed E-state index contributed by atoms with van der Waals surface area (Å²) < 4.78 is 13.3. The summed E-state index contributed by atoms with van der Waals surface area (Å²) >= 11 is 0. The van der Waals surface area contributed by atoms with Crippen molar-refractivity contribution in [1.29, 1.82) is 0 Å². The van der Waals surface area contributed by atoms with E-state index in [2.05, 4.69) is 10.6 Å². The zero-order valence-corrected chi connectivity index (χ0v) is 11.9. The van der Waals surface area contributed by atoms with Crippen LogP contribution in [0.4, 0.5) is 15.8 Å². The van der Waals surface area contributed by atoms with Gasteiger partial charge in [0.2, 0.25) is 5.91 Å². The van der Waals surface area contributed by atoms with Crippen LogP contribution in [0.15, 0.2) is 42.5 Å². The lowest BCUT2D eigenvalue weighted by molar-refractivity contribution is -0.114. The molecule has 110 valence electrons. The molecule has 0 radical (unpaired) electrons. The molecule has 2 aromatic rings. The maximum absolute atomic E-state index is 13.3. The zero-order chi connectivity index (χ0) is 15.4. The largest absolute Gasteiger partial charge is 0.505 e. The van der Waals surface area contributed by atoms with E-state index in [1.807, 2.05) is 25.1 Å². The Morgan fingerprint density at radius 1 is 1.19 bits per heavy atom. The highest BCUT2D eigenvalue weighted by atomic mass is 19.1. The summed E-state index contributed by atoms with van der Waals surface area (Å²) in [4.78, 5) is 11.1. The molecule has 0 saturated carbocycles. The van der Waals surface area contributed by atoms with Gasteiger partial charge < -0.3 is 15.7 Å². The van der Waals surface area contributed by atoms with Crippen molar-refractivity contribution in [1.82, 2.24) is 0 Å². The van der Waals surface area contributed by atoms with Gasteiger partial charge in [-0.25, -0.2) is 4.39 Å². The molecule has 2 aromatic carbocycles. The lowest BCUT2D eigenvalue weighted by Gasteiger charge is -2.17. The predicted molar refractivity (Wildman–Crippen MR) is 80.8 cm³/mol. The van der Waals surface area contributed by atoms with E-state index in [0.29, 0.717) is 11.4 Å². The van der Waals surface area contributed by atoms with Crippen molar-refractivity contribution in [2.45, 2.75) is 19.9 Å². The zero-order valence-electron chi connectivity index (χ0n) is 11.9. The molecule has 4 nitrogen and oxygen atoms in total. The van der Waals surface area contributed by atoms with E-state index in [1.54, 1.807) is 12.1 Å². The van der Waals surface area contributed by atoms with Gasteiger partial charge in [-0.15, -0.1) is 0 Å². The lowest BCUT2D eigenvalue weighted by Crippen LogP contribution is -2.09. The van der Waals surface area contributed by atoms with Gasteiger partial charge in [-0.2, -0.15) is 0 Å². The van der Waals surface area contributed by atoms with Gasteiger partial charge in [-0.3, -0.25) is 4.79 Å². The molecule has 2 rings (SSSR count). The van der Waals surface area contributed by atoms with E-state index in [4.69, 9.17) is 0 Å². The van der Waals surface area contributed by atoms with Crippen LogP contribution in [-0.4, -0.2) is 11.0 Å². The van der Waals surface area contributed by atoms with Crippen molar-refractivity contribution in [3.8, 4) is 5.75 Å². The molecule has 1 atom stereocenters. The summed E-state index contributed by atoms with van der Waals surface area (Å²) in [6.45, 7) is 3.38. The fraction of sp³-hybridized carbons (Fsp3) is 0.188. The van der Waals surface area contributed by atoms with Crippen molar-refractivity contribution >= 4 is 17.3 Å². The Morgan fingerprint density at radius 3 is 2.62 bits per heavy atom. The second kappa shape index (κ2) is 6.26.